The third kappa shape index (κ3) is 3.80. The number of carbonyl (C=O) groups is 1. The third-order valence-electron chi connectivity index (χ3n) is 3.58. The minimum absolute atomic E-state index is 0.0131. The van der Waals surface area contributed by atoms with E-state index < -0.39 is 16.0 Å². The molecule has 21 heavy (non-hydrogen) atoms. The lowest BCUT2D eigenvalue weighted by Crippen LogP contribution is -2.30. The average molecular weight is 308 g/mol. The molecular formula is C14H16N2O4S. The molecule has 0 radical (unpaired) electrons. The molecule has 0 spiro atoms. The maximum absolute atomic E-state index is 12.4. The lowest BCUT2D eigenvalue weighted by molar-refractivity contribution is -0.137. The molecule has 6 nitrogen and oxygen atoms in total. The molecule has 1 aliphatic rings. The SMILES string of the molecule is N#Cc1ccccc1CS(=O)(=O)N1CCC(CC(=O)O)C1. The number of aliphatic carboxylic acids is 1. The number of nitriles is 1. The van der Waals surface area contributed by atoms with Gasteiger partial charge in [-0.3, -0.25) is 4.79 Å². The molecule has 7 heteroatoms. The van der Waals surface area contributed by atoms with Gasteiger partial charge < -0.3 is 5.11 Å². The number of hydrogen-bond acceptors (Lipinski definition) is 4. The number of rotatable bonds is 5. The van der Waals surface area contributed by atoms with E-state index in [1.54, 1.807) is 24.3 Å². The summed E-state index contributed by atoms with van der Waals surface area (Å²) in [4.78, 5) is 10.7. The molecule has 1 unspecified atom stereocenters. The molecule has 1 heterocycles. The van der Waals surface area contributed by atoms with Crippen LogP contribution in [0.2, 0.25) is 0 Å². The van der Waals surface area contributed by atoms with E-state index in [-0.39, 0.29) is 24.6 Å². The van der Waals surface area contributed by atoms with Gasteiger partial charge in [-0.25, -0.2) is 12.7 Å². The summed E-state index contributed by atoms with van der Waals surface area (Å²) in [5.41, 5.74) is 0.823. The van der Waals surface area contributed by atoms with Crippen molar-refractivity contribution in [1.29, 1.82) is 5.26 Å². The molecule has 1 saturated heterocycles. The van der Waals surface area contributed by atoms with Gasteiger partial charge in [0.05, 0.1) is 17.4 Å². The average Bonchev–Trinajstić information content (AvgIpc) is 2.87. The van der Waals surface area contributed by atoms with Gasteiger partial charge in [0.1, 0.15) is 0 Å². The van der Waals surface area contributed by atoms with Crippen molar-refractivity contribution in [2.45, 2.75) is 18.6 Å². The van der Waals surface area contributed by atoms with Crippen LogP contribution in [0.15, 0.2) is 24.3 Å². The Bertz CT molecular complexity index is 678. The third-order valence-corrected chi connectivity index (χ3v) is 5.38. The minimum atomic E-state index is -3.53. The molecule has 2 rings (SSSR count). The normalized spacial score (nSPS) is 19.3. The van der Waals surface area contributed by atoms with Crippen molar-refractivity contribution >= 4 is 16.0 Å². The molecule has 0 amide bonds. The van der Waals surface area contributed by atoms with E-state index in [1.807, 2.05) is 6.07 Å². The summed E-state index contributed by atoms with van der Waals surface area (Å²) in [5.74, 6) is -1.27. The van der Waals surface area contributed by atoms with Gasteiger partial charge in [-0.2, -0.15) is 5.26 Å². The van der Waals surface area contributed by atoms with Crippen LogP contribution in [0, 0.1) is 17.2 Å². The molecule has 0 aromatic heterocycles. The van der Waals surface area contributed by atoms with Crippen LogP contribution in [0.25, 0.3) is 0 Å². The zero-order chi connectivity index (χ0) is 15.5. The highest BCUT2D eigenvalue weighted by Gasteiger charge is 2.32. The molecule has 1 aromatic carbocycles. The Morgan fingerprint density at radius 2 is 2.14 bits per heavy atom. The van der Waals surface area contributed by atoms with E-state index in [4.69, 9.17) is 10.4 Å². The quantitative estimate of drug-likeness (QED) is 0.880. The lowest BCUT2D eigenvalue weighted by Gasteiger charge is -2.16. The predicted octanol–water partition coefficient (Wildman–Crippen LogP) is 1.18. The molecule has 1 atom stereocenters. The Kier molecular flexibility index (Phi) is 4.60. The first-order chi connectivity index (χ1) is 9.92. The Balaban J connectivity index is 2.10. The van der Waals surface area contributed by atoms with Crippen LogP contribution in [-0.4, -0.2) is 36.9 Å². The van der Waals surface area contributed by atoms with Crippen molar-refractivity contribution in [2.24, 2.45) is 5.92 Å². The fraction of sp³-hybridized carbons (Fsp3) is 0.429. The van der Waals surface area contributed by atoms with Crippen molar-refractivity contribution in [1.82, 2.24) is 4.31 Å². The number of carboxylic acids is 1. The molecule has 1 aliphatic heterocycles. The first-order valence-corrected chi connectivity index (χ1v) is 8.21. The van der Waals surface area contributed by atoms with E-state index >= 15 is 0 Å². The van der Waals surface area contributed by atoms with E-state index in [2.05, 4.69) is 0 Å². The van der Waals surface area contributed by atoms with E-state index in [9.17, 15) is 13.2 Å². The van der Waals surface area contributed by atoms with Crippen LogP contribution in [0.3, 0.4) is 0 Å². The van der Waals surface area contributed by atoms with Crippen molar-refractivity contribution in [2.75, 3.05) is 13.1 Å². The number of carboxylic acid groups (broad SMARTS) is 1. The smallest absolute Gasteiger partial charge is 0.303 e. The Morgan fingerprint density at radius 3 is 2.81 bits per heavy atom. The maximum atomic E-state index is 12.4. The van der Waals surface area contributed by atoms with Gasteiger partial charge in [-0.05, 0) is 24.0 Å². The standard InChI is InChI=1S/C14H16N2O4S/c15-8-12-3-1-2-4-13(12)10-21(19,20)16-6-5-11(9-16)7-14(17)18/h1-4,11H,5-7,9-10H2,(H,17,18). The zero-order valence-corrected chi connectivity index (χ0v) is 12.2. The maximum Gasteiger partial charge on any atom is 0.303 e. The second kappa shape index (κ2) is 6.24. The monoisotopic (exact) mass is 308 g/mol. The zero-order valence-electron chi connectivity index (χ0n) is 11.4. The number of hydrogen-bond donors (Lipinski definition) is 1. The van der Waals surface area contributed by atoms with Crippen LogP contribution in [0.4, 0.5) is 0 Å². The highest BCUT2D eigenvalue weighted by molar-refractivity contribution is 7.88. The molecule has 0 saturated carbocycles. The fourth-order valence-electron chi connectivity index (χ4n) is 2.51. The summed E-state index contributed by atoms with van der Waals surface area (Å²) < 4.78 is 26.1. The summed E-state index contributed by atoms with van der Waals surface area (Å²) in [5, 5.41) is 17.8. The summed E-state index contributed by atoms with van der Waals surface area (Å²) in [6, 6.07) is 8.58. The summed E-state index contributed by atoms with van der Waals surface area (Å²) in [6.45, 7) is 0.582. The van der Waals surface area contributed by atoms with Gasteiger partial charge in [0.2, 0.25) is 10.0 Å². The minimum Gasteiger partial charge on any atom is -0.481 e. The molecule has 1 aromatic rings. The van der Waals surface area contributed by atoms with E-state index in [0.717, 1.165) is 0 Å². The largest absolute Gasteiger partial charge is 0.481 e. The van der Waals surface area contributed by atoms with Crippen molar-refractivity contribution in [3.63, 3.8) is 0 Å². The molecule has 112 valence electrons. The summed E-state index contributed by atoms with van der Waals surface area (Å²) in [7, 11) is -3.53. The highest BCUT2D eigenvalue weighted by Crippen LogP contribution is 2.24. The number of sulfonamides is 1. The number of nitrogens with zero attached hydrogens (tertiary/aromatic N) is 2. The second-order valence-corrected chi connectivity index (χ2v) is 7.10. The molecule has 0 bridgehead atoms. The van der Waals surface area contributed by atoms with Crippen LogP contribution in [0.5, 0.6) is 0 Å². The summed E-state index contributed by atoms with van der Waals surface area (Å²) in [6.07, 6.45) is 0.548. The Hall–Kier alpha value is -1.91. The van der Waals surface area contributed by atoms with Gasteiger partial charge in [0.25, 0.3) is 0 Å². The van der Waals surface area contributed by atoms with Crippen molar-refractivity contribution in [3.05, 3.63) is 35.4 Å². The highest BCUT2D eigenvalue weighted by atomic mass is 32.2. The van der Waals surface area contributed by atoms with Crippen LogP contribution in [0.1, 0.15) is 24.0 Å². The lowest BCUT2D eigenvalue weighted by atomic mass is 10.1. The number of benzene rings is 1. The topological polar surface area (TPSA) is 98.5 Å². The summed E-state index contributed by atoms with van der Waals surface area (Å²) >= 11 is 0. The van der Waals surface area contributed by atoms with E-state index in [1.165, 1.54) is 4.31 Å². The Morgan fingerprint density at radius 1 is 1.43 bits per heavy atom. The van der Waals surface area contributed by atoms with Crippen LogP contribution >= 0.6 is 0 Å². The molecule has 1 fully saturated rings. The van der Waals surface area contributed by atoms with Gasteiger partial charge in [0, 0.05) is 19.5 Å². The molecule has 0 aliphatic carbocycles. The van der Waals surface area contributed by atoms with Gasteiger partial charge >= 0.3 is 5.97 Å². The molecule has 1 N–H and O–H groups in total. The first-order valence-electron chi connectivity index (χ1n) is 6.60. The molecular weight excluding hydrogens is 292 g/mol. The second-order valence-electron chi connectivity index (χ2n) is 5.14. The van der Waals surface area contributed by atoms with E-state index in [0.29, 0.717) is 24.1 Å². The van der Waals surface area contributed by atoms with Crippen molar-refractivity contribution in [3.8, 4) is 6.07 Å². The van der Waals surface area contributed by atoms with Crippen molar-refractivity contribution < 1.29 is 18.3 Å². The van der Waals surface area contributed by atoms with Crippen LogP contribution < -0.4 is 0 Å². The predicted molar refractivity (Wildman–Crippen MR) is 75.7 cm³/mol. The van der Waals surface area contributed by atoms with Gasteiger partial charge in [-0.15, -0.1) is 0 Å². The fourth-order valence-corrected chi connectivity index (χ4v) is 4.16. The van der Waals surface area contributed by atoms with Crippen LogP contribution in [-0.2, 0) is 20.6 Å². The van der Waals surface area contributed by atoms with Gasteiger partial charge in [-0.1, -0.05) is 18.2 Å². The Labute approximate surface area is 123 Å². The first kappa shape index (κ1) is 15.5. The van der Waals surface area contributed by atoms with Gasteiger partial charge in [0.15, 0.2) is 0 Å².